The molecule has 0 saturated carbocycles. The standard InChI is InChI=1S/C15H23N2O3S/c1-12(2)10-17-8-9-20-15(11-17)13-4-6-14(7-5-13)16-21(3,18)19/h4-7,15-16H,8-11H2,1-3H3. The van der Waals surface area contributed by atoms with Gasteiger partial charge in [-0.1, -0.05) is 26.0 Å². The molecule has 1 aromatic rings. The predicted octanol–water partition coefficient (Wildman–Crippen LogP) is 2.05. The number of ether oxygens (including phenoxy) is 1. The number of nitrogens with one attached hydrogen (secondary N) is 1. The molecule has 1 saturated heterocycles. The minimum Gasteiger partial charge on any atom is -0.371 e. The fourth-order valence-corrected chi connectivity index (χ4v) is 3.04. The summed E-state index contributed by atoms with van der Waals surface area (Å²) < 4.78 is 30.7. The maximum absolute atomic E-state index is 11.2. The lowest BCUT2D eigenvalue weighted by molar-refractivity contribution is -0.0283. The second-order valence-corrected chi connectivity index (χ2v) is 7.55. The van der Waals surface area contributed by atoms with Crippen molar-refractivity contribution in [1.29, 1.82) is 0 Å². The number of hydrogen-bond acceptors (Lipinski definition) is 4. The van der Waals surface area contributed by atoms with E-state index in [2.05, 4.69) is 23.5 Å². The lowest BCUT2D eigenvalue weighted by Crippen LogP contribution is -2.39. The fourth-order valence-electron chi connectivity index (χ4n) is 2.47. The zero-order valence-corrected chi connectivity index (χ0v) is 13.6. The van der Waals surface area contributed by atoms with Crippen molar-refractivity contribution in [2.45, 2.75) is 20.0 Å². The van der Waals surface area contributed by atoms with Gasteiger partial charge in [-0.15, -0.1) is 0 Å². The topological polar surface area (TPSA) is 58.6 Å². The number of anilines is 1. The number of rotatable bonds is 5. The van der Waals surface area contributed by atoms with Crippen molar-refractivity contribution in [3.05, 3.63) is 35.7 Å². The number of benzene rings is 1. The third kappa shape index (κ3) is 5.30. The third-order valence-electron chi connectivity index (χ3n) is 3.28. The van der Waals surface area contributed by atoms with Crippen molar-refractivity contribution in [2.24, 2.45) is 0 Å². The van der Waals surface area contributed by atoms with Gasteiger partial charge in [0, 0.05) is 25.3 Å². The Morgan fingerprint density at radius 2 is 2.00 bits per heavy atom. The van der Waals surface area contributed by atoms with Crippen LogP contribution in [0, 0.1) is 5.92 Å². The maximum Gasteiger partial charge on any atom is 0.229 e. The monoisotopic (exact) mass is 311 g/mol. The molecular weight excluding hydrogens is 288 g/mol. The van der Waals surface area contributed by atoms with Crippen LogP contribution < -0.4 is 4.72 Å². The van der Waals surface area contributed by atoms with Crippen LogP contribution in [-0.2, 0) is 14.8 Å². The van der Waals surface area contributed by atoms with E-state index in [1.165, 1.54) is 5.92 Å². The van der Waals surface area contributed by atoms with Crippen molar-refractivity contribution in [3.8, 4) is 0 Å². The highest BCUT2D eigenvalue weighted by Crippen LogP contribution is 2.24. The summed E-state index contributed by atoms with van der Waals surface area (Å²) >= 11 is 0. The van der Waals surface area contributed by atoms with Crippen LogP contribution in [0.1, 0.15) is 25.5 Å². The molecule has 1 aromatic carbocycles. The summed E-state index contributed by atoms with van der Waals surface area (Å²) in [5.41, 5.74) is 1.65. The summed E-state index contributed by atoms with van der Waals surface area (Å²) in [5.74, 6) is 1.39. The summed E-state index contributed by atoms with van der Waals surface area (Å²) in [6.45, 7) is 7.81. The molecule has 1 fully saturated rings. The lowest BCUT2D eigenvalue weighted by atomic mass is 10.1. The van der Waals surface area contributed by atoms with Crippen molar-refractivity contribution in [1.82, 2.24) is 4.90 Å². The van der Waals surface area contributed by atoms with Crippen molar-refractivity contribution >= 4 is 15.7 Å². The van der Waals surface area contributed by atoms with Gasteiger partial charge in [0.25, 0.3) is 0 Å². The number of morpholine rings is 1. The second kappa shape index (κ2) is 6.77. The highest BCUT2D eigenvalue weighted by atomic mass is 32.2. The normalized spacial score (nSPS) is 20.7. The number of nitrogens with zero attached hydrogens (tertiary/aromatic N) is 1. The van der Waals surface area contributed by atoms with E-state index in [0.717, 1.165) is 38.1 Å². The van der Waals surface area contributed by atoms with Crippen LogP contribution in [0.15, 0.2) is 24.3 Å². The summed E-state index contributed by atoms with van der Waals surface area (Å²) in [4.78, 5) is 2.38. The molecule has 0 amide bonds. The Labute approximate surface area is 127 Å². The van der Waals surface area contributed by atoms with Gasteiger partial charge < -0.3 is 4.74 Å². The zero-order valence-electron chi connectivity index (χ0n) is 12.8. The van der Waals surface area contributed by atoms with E-state index < -0.39 is 10.0 Å². The van der Waals surface area contributed by atoms with E-state index in [0.29, 0.717) is 5.69 Å². The Kier molecular flexibility index (Phi) is 5.24. The van der Waals surface area contributed by atoms with Crippen molar-refractivity contribution in [2.75, 3.05) is 37.2 Å². The van der Waals surface area contributed by atoms with Crippen LogP contribution in [-0.4, -0.2) is 45.8 Å². The van der Waals surface area contributed by atoms with Crippen molar-refractivity contribution < 1.29 is 13.2 Å². The van der Waals surface area contributed by atoms with Crippen molar-refractivity contribution in [3.63, 3.8) is 0 Å². The first-order valence-electron chi connectivity index (χ1n) is 7.04. The summed E-state index contributed by atoms with van der Waals surface area (Å²) in [6, 6.07) is 7.39. The van der Waals surface area contributed by atoms with Crippen LogP contribution in [0.25, 0.3) is 0 Å². The molecule has 1 unspecified atom stereocenters. The molecule has 0 aromatic heterocycles. The molecule has 117 valence electrons. The Morgan fingerprint density at radius 3 is 2.57 bits per heavy atom. The van der Waals surface area contributed by atoms with Gasteiger partial charge in [-0.3, -0.25) is 9.62 Å². The molecule has 0 bridgehead atoms. The van der Waals surface area contributed by atoms with E-state index in [4.69, 9.17) is 4.74 Å². The van der Waals surface area contributed by atoms with Gasteiger partial charge in [0.1, 0.15) is 0 Å². The van der Waals surface area contributed by atoms with Crippen LogP contribution in [0.3, 0.4) is 0 Å². The van der Waals surface area contributed by atoms with Gasteiger partial charge in [-0.05, 0) is 23.6 Å². The quantitative estimate of drug-likeness (QED) is 0.904. The molecule has 1 aliphatic rings. The second-order valence-electron chi connectivity index (χ2n) is 5.80. The third-order valence-corrected chi connectivity index (χ3v) is 3.88. The van der Waals surface area contributed by atoms with Gasteiger partial charge in [0.2, 0.25) is 10.0 Å². The fraction of sp³-hybridized carbons (Fsp3) is 0.533. The zero-order chi connectivity index (χ0) is 15.5. The first-order valence-corrected chi connectivity index (χ1v) is 8.93. The predicted molar refractivity (Wildman–Crippen MR) is 84.6 cm³/mol. The van der Waals surface area contributed by atoms with Gasteiger partial charge in [0.05, 0.1) is 19.0 Å². The molecule has 1 N–H and O–H groups in total. The molecule has 1 aliphatic heterocycles. The average molecular weight is 311 g/mol. The molecule has 5 nitrogen and oxygen atoms in total. The van der Waals surface area contributed by atoms with E-state index in [-0.39, 0.29) is 6.10 Å². The number of sulfonamides is 1. The Bertz CT molecular complexity index is 555. The molecule has 1 atom stereocenters. The smallest absolute Gasteiger partial charge is 0.229 e. The summed E-state index contributed by atoms with van der Waals surface area (Å²) in [7, 11) is -3.23. The van der Waals surface area contributed by atoms with Gasteiger partial charge in [-0.25, -0.2) is 8.42 Å². The Balaban J connectivity index is 2.01. The molecule has 21 heavy (non-hydrogen) atoms. The molecule has 2 rings (SSSR count). The maximum atomic E-state index is 11.2. The van der Waals surface area contributed by atoms with E-state index in [1.54, 1.807) is 12.1 Å². The Morgan fingerprint density at radius 1 is 1.33 bits per heavy atom. The minimum atomic E-state index is -3.23. The minimum absolute atomic E-state index is 0.0467. The van der Waals surface area contributed by atoms with Crippen LogP contribution in [0.5, 0.6) is 0 Å². The first kappa shape index (κ1) is 16.3. The van der Waals surface area contributed by atoms with E-state index >= 15 is 0 Å². The molecule has 1 radical (unpaired) electrons. The summed E-state index contributed by atoms with van der Waals surface area (Å²) in [6.07, 6.45) is 1.19. The molecule has 1 heterocycles. The van der Waals surface area contributed by atoms with E-state index in [9.17, 15) is 8.42 Å². The highest BCUT2D eigenvalue weighted by Gasteiger charge is 2.22. The van der Waals surface area contributed by atoms with Crippen LogP contribution in [0.2, 0.25) is 0 Å². The highest BCUT2D eigenvalue weighted by molar-refractivity contribution is 7.92. The number of hydrogen-bond donors (Lipinski definition) is 1. The molecule has 6 heteroatoms. The van der Waals surface area contributed by atoms with E-state index in [1.807, 2.05) is 12.1 Å². The molecule has 0 aliphatic carbocycles. The van der Waals surface area contributed by atoms with Gasteiger partial charge >= 0.3 is 0 Å². The molecular formula is C15H23N2O3S. The summed E-state index contributed by atoms with van der Waals surface area (Å²) in [5, 5.41) is 0. The Hall–Kier alpha value is -1.11. The lowest BCUT2D eigenvalue weighted by Gasteiger charge is -2.34. The van der Waals surface area contributed by atoms with Gasteiger partial charge in [-0.2, -0.15) is 0 Å². The van der Waals surface area contributed by atoms with Gasteiger partial charge in [0.15, 0.2) is 0 Å². The largest absolute Gasteiger partial charge is 0.371 e. The average Bonchev–Trinajstić information content (AvgIpc) is 2.37. The molecule has 0 spiro atoms. The SMILES string of the molecule is C[C](C)CN1CCOC(c2ccc(NS(C)(=O)=O)cc2)C1. The first-order chi connectivity index (χ1) is 9.83. The van der Waals surface area contributed by atoms with Crippen LogP contribution >= 0.6 is 0 Å². The van der Waals surface area contributed by atoms with Crippen LogP contribution in [0.4, 0.5) is 5.69 Å².